The summed E-state index contributed by atoms with van der Waals surface area (Å²) in [6, 6.07) is 59.9. The van der Waals surface area contributed by atoms with E-state index in [4.69, 9.17) is 4.42 Å². The van der Waals surface area contributed by atoms with Crippen LogP contribution < -0.4 is 9.80 Å². The van der Waals surface area contributed by atoms with E-state index in [9.17, 15) is 0 Å². The zero-order valence-corrected chi connectivity index (χ0v) is 25.7. The fourth-order valence-electron chi connectivity index (χ4n) is 6.62. The van der Waals surface area contributed by atoms with Crippen LogP contribution in [0.15, 0.2) is 174 Å². The Morgan fingerprint density at radius 3 is 1.63 bits per heavy atom. The molecule has 46 heavy (non-hydrogen) atoms. The number of fused-ring (bicyclic) bond motifs is 6. The number of anilines is 6. The van der Waals surface area contributed by atoms with Gasteiger partial charge in [0.1, 0.15) is 5.58 Å². The number of furan rings is 1. The van der Waals surface area contributed by atoms with Gasteiger partial charge in [-0.25, -0.2) is 0 Å². The number of para-hydroxylation sites is 4. The monoisotopic (exact) mass is 608 g/mol. The van der Waals surface area contributed by atoms with Gasteiger partial charge in [-0.3, -0.25) is 0 Å². The molecule has 2 aromatic heterocycles. The number of hydrogen-bond acceptors (Lipinski definition) is 4. The maximum atomic E-state index is 6.84. The Hall–Kier alpha value is -5.84. The van der Waals surface area contributed by atoms with E-state index in [-0.39, 0.29) is 0 Å². The van der Waals surface area contributed by atoms with Crippen LogP contribution in [-0.2, 0) is 0 Å². The Labute approximate surface area is 270 Å². The predicted molar refractivity (Wildman–Crippen MR) is 196 cm³/mol. The first-order valence-corrected chi connectivity index (χ1v) is 16.3. The molecule has 0 aliphatic carbocycles. The van der Waals surface area contributed by atoms with Crippen molar-refractivity contribution in [3.8, 4) is 0 Å². The first-order chi connectivity index (χ1) is 22.8. The van der Waals surface area contributed by atoms with Gasteiger partial charge < -0.3 is 14.2 Å². The summed E-state index contributed by atoms with van der Waals surface area (Å²) in [6.07, 6.45) is 0. The Bertz CT molecular complexity index is 2440. The number of rotatable bonds is 6. The molecular weight excluding hydrogens is 581 g/mol. The normalized spacial score (nSPS) is 11.5. The maximum absolute atomic E-state index is 6.84. The van der Waals surface area contributed by atoms with Gasteiger partial charge in [-0.05, 0) is 72.8 Å². The van der Waals surface area contributed by atoms with Crippen LogP contribution in [-0.4, -0.2) is 0 Å². The molecule has 0 bridgehead atoms. The van der Waals surface area contributed by atoms with Gasteiger partial charge >= 0.3 is 0 Å². The summed E-state index contributed by atoms with van der Waals surface area (Å²) in [7, 11) is 0. The average molecular weight is 609 g/mol. The molecule has 0 radical (unpaired) electrons. The van der Waals surface area contributed by atoms with Crippen molar-refractivity contribution in [3.05, 3.63) is 170 Å². The number of benzene rings is 7. The first-order valence-electron chi connectivity index (χ1n) is 15.4. The van der Waals surface area contributed by atoms with Crippen molar-refractivity contribution in [3.63, 3.8) is 0 Å². The maximum Gasteiger partial charge on any atom is 0.159 e. The average Bonchev–Trinajstić information content (AvgIpc) is 3.69. The lowest BCUT2D eigenvalue weighted by Gasteiger charge is -2.26. The summed E-state index contributed by atoms with van der Waals surface area (Å²) in [5.74, 6) is 0. The van der Waals surface area contributed by atoms with Crippen molar-refractivity contribution in [2.45, 2.75) is 0 Å². The molecule has 0 aliphatic heterocycles. The molecular formula is C42H28N2OS. The lowest BCUT2D eigenvalue weighted by atomic mass is 10.1. The molecule has 0 spiro atoms. The second kappa shape index (κ2) is 11.0. The standard InChI is InChI=1S/C42H28N2OS/c1-4-14-29(15-5-1)43(30-16-6-2-7-17-30)36-22-13-24-38-41(36)35-21-12-23-37(42(35)45-38)44(31-18-8-3-9-19-31)32-26-27-34-33-20-10-11-25-39(33)46-40(34)28-32/h1-28H. The number of hydrogen-bond donors (Lipinski definition) is 0. The largest absolute Gasteiger partial charge is 0.454 e. The smallest absolute Gasteiger partial charge is 0.159 e. The van der Waals surface area contributed by atoms with Gasteiger partial charge in [0.05, 0.1) is 16.8 Å². The van der Waals surface area contributed by atoms with Crippen LogP contribution >= 0.6 is 11.3 Å². The molecule has 9 rings (SSSR count). The number of nitrogens with zero attached hydrogens (tertiary/aromatic N) is 2. The highest BCUT2D eigenvalue weighted by Crippen LogP contribution is 2.47. The van der Waals surface area contributed by atoms with Crippen molar-refractivity contribution >= 4 is 87.6 Å². The molecule has 3 nitrogen and oxygen atoms in total. The molecule has 0 atom stereocenters. The first kappa shape index (κ1) is 26.6. The zero-order chi connectivity index (χ0) is 30.5. The Morgan fingerprint density at radius 1 is 0.391 bits per heavy atom. The Balaban J connectivity index is 1.28. The van der Waals surface area contributed by atoms with E-state index in [1.54, 1.807) is 0 Å². The fourth-order valence-corrected chi connectivity index (χ4v) is 7.76. The van der Waals surface area contributed by atoms with Crippen LogP contribution in [0.5, 0.6) is 0 Å². The van der Waals surface area contributed by atoms with Gasteiger partial charge in [-0.2, -0.15) is 0 Å². The van der Waals surface area contributed by atoms with Gasteiger partial charge in [0, 0.05) is 48.3 Å². The predicted octanol–water partition coefficient (Wildman–Crippen LogP) is 12.9. The summed E-state index contributed by atoms with van der Waals surface area (Å²) in [5.41, 5.74) is 8.13. The molecule has 9 aromatic rings. The lowest BCUT2D eigenvalue weighted by Crippen LogP contribution is -2.10. The second-order valence-corrected chi connectivity index (χ2v) is 12.4. The third kappa shape index (κ3) is 4.34. The van der Waals surface area contributed by atoms with Crippen molar-refractivity contribution in [1.29, 1.82) is 0 Å². The third-order valence-electron chi connectivity index (χ3n) is 8.63. The van der Waals surface area contributed by atoms with E-state index in [0.717, 1.165) is 56.1 Å². The van der Waals surface area contributed by atoms with Crippen molar-refractivity contribution in [2.24, 2.45) is 0 Å². The molecule has 218 valence electrons. The van der Waals surface area contributed by atoms with E-state index < -0.39 is 0 Å². The zero-order valence-electron chi connectivity index (χ0n) is 24.9. The van der Waals surface area contributed by atoms with Gasteiger partial charge in [0.25, 0.3) is 0 Å². The van der Waals surface area contributed by atoms with Crippen LogP contribution in [0, 0.1) is 0 Å². The highest BCUT2D eigenvalue weighted by atomic mass is 32.1. The van der Waals surface area contributed by atoms with Crippen molar-refractivity contribution in [2.75, 3.05) is 9.80 Å². The fraction of sp³-hybridized carbons (Fsp3) is 0. The van der Waals surface area contributed by atoms with Crippen LogP contribution in [0.4, 0.5) is 34.1 Å². The molecule has 0 aliphatic rings. The van der Waals surface area contributed by atoms with Crippen molar-refractivity contribution < 1.29 is 4.42 Å². The van der Waals surface area contributed by atoms with E-state index in [0.29, 0.717) is 0 Å². The highest BCUT2D eigenvalue weighted by Gasteiger charge is 2.23. The third-order valence-corrected chi connectivity index (χ3v) is 9.76. The number of thiophene rings is 1. The SMILES string of the molecule is c1ccc(N(c2ccc3c(c2)sc2ccccc23)c2cccc3c2oc2cccc(N(c4ccccc4)c4ccccc4)c23)cc1. The molecule has 4 heteroatoms. The molecule has 0 amide bonds. The second-order valence-electron chi connectivity index (χ2n) is 11.4. The summed E-state index contributed by atoms with van der Waals surface area (Å²) in [6.45, 7) is 0. The topological polar surface area (TPSA) is 19.6 Å². The molecule has 0 saturated heterocycles. The Kier molecular flexibility index (Phi) is 6.32. The molecule has 0 unspecified atom stereocenters. The van der Waals surface area contributed by atoms with E-state index in [1.807, 2.05) is 11.3 Å². The quantitative estimate of drug-likeness (QED) is 0.187. The van der Waals surface area contributed by atoms with Crippen molar-refractivity contribution in [1.82, 2.24) is 0 Å². The summed E-state index contributed by atoms with van der Waals surface area (Å²) in [5, 5.41) is 4.74. The molecule has 0 N–H and O–H groups in total. The highest BCUT2D eigenvalue weighted by molar-refractivity contribution is 7.25. The van der Waals surface area contributed by atoms with E-state index in [2.05, 4.69) is 180 Å². The molecule has 0 saturated carbocycles. The van der Waals surface area contributed by atoms with Gasteiger partial charge in [0.15, 0.2) is 5.58 Å². The summed E-state index contributed by atoms with van der Waals surface area (Å²) in [4.78, 5) is 4.63. The van der Waals surface area contributed by atoms with Crippen LogP contribution in [0.2, 0.25) is 0 Å². The Morgan fingerprint density at radius 2 is 0.935 bits per heavy atom. The van der Waals surface area contributed by atoms with Gasteiger partial charge in [-0.15, -0.1) is 11.3 Å². The van der Waals surface area contributed by atoms with Crippen LogP contribution in [0.1, 0.15) is 0 Å². The summed E-state index contributed by atoms with van der Waals surface area (Å²) >= 11 is 1.84. The summed E-state index contributed by atoms with van der Waals surface area (Å²) < 4.78 is 9.40. The minimum absolute atomic E-state index is 0.852. The minimum Gasteiger partial charge on any atom is -0.454 e. The van der Waals surface area contributed by atoms with E-state index in [1.165, 1.54) is 20.2 Å². The minimum atomic E-state index is 0.852. The van der Waals surface area contributed by atoms with Gasteiger partial charge in [-0.1, -0.05) is 97.1 Å². The van der Waals surface area contributed by atoms with E-state index >= 15 is 0 Å². The molecule has 7 aromatic carbocycles. The van der Waals surface area contributed by atoms with Crippen LogP contribution in [0.25, 0.3) is 42.1 Å². The molecule has 2 heterocycles. The molecule has 0 fully saturated rings. The lowest BCUT2D eigenvalue weighted by molar-refractivity contribution is 0.669. The van der Waals surface area contributed by atoms with Crippen LogP contribution in [0.3, 0.4) is 0 Å². The van der Waals surface area contributed by atoms with Gasteiger partial charge in [0.2, 0.25) is 0 Å².